The van der Waals surface area contributed by atoms with Crippen LogP contribution in [0.5, 0.6) is 0 Å². The predicted molar refractivity (Wildman–Crippen MR) is 269 cm³/mol. The molecule has 0 aliphatic heterocycles. The van der Waals surface area contributed by atoms with Crippen molar-refractivity contribution in [3.8, 4) is 66.8 Å². The summed E-state index contributed by atoms with van der Waals surface area (Å²) in [5, 5.41) is 5.02. The molecule has 11 rings (SSSR count). The van der Waals surface area contributed by atoms with Crippen molar-refractivity contribution in [2.45, 2.75) is 0 Å². The van der Waals surface area contributed by atoms with Crippen molar-refractivity contribution in [3.63, 3.8) is 0 Å². The summed E-state index contributed by atoms with van der Waals surface area (Å²) in [6.45, 7) is 0. The van der Waals surface area contributed by atoms with Crippen LogP contribution < -0.4 is 4.90 Å². The summed E-state index contributed by atoms with van der Waals surface area (Å²) in [6, 6.07) is 94.7. The minimum atomic E-state index is 1.08. The quantitative estimate of drug-likeness (QED) is 0.131. The molecule has 63 heavy (non-hydrogen) atoms. The molecule has 0 spiro atoms. The molecule has 0 unspecified atom stereocenters. The molecule has 0 radical (unpaired) electrons. The van der Waals surface area contributed by atoms with Crippen LogP contribution in [-0.2, 0) is 0 Å². The van der Waals surface area contributed by atoms with Crippen LogP contribution in [0, 0.1) is 0 Å². The van der Waals surface area contributed by atoms with E-state index in [1.165, 1.54) is 82.7 Å². The summed E-state index contributed by atoms with van der Waals surface area (Å²) >= 11 is 0. The van der Waals surface area contributed by atoms with E-state index in [1.54, 1.807) is 0 Å². The van der Waals surface area contributed by atoms with E-state index in [0.29, 0.717) is 0 Å². The maximum atomic E-state index is 2.40. The van der Waals surface area contributed by atoms with Crippen LogP contribution in [0.3, 0.4) is 0 Å². The highest BCUT2D eigenvalue weighted by atomic mass is 15.1. The first-order chi connectivity index (χ1) is 31.2. The molecule has 0 bridgehead atoms. The van der Waals surface area contributed by atoms with Gasteiger partial charge in [-0.3, -0.25) is 0 Å². The smallest absolute Gasteiger partial charge is 0.0467 e. The normalized spacial score (nSPS) is 11.2. The molecule has 0 aliphatic rings. The predicted octanol–water partition coefficient (Wildman–Crippen LogP) is 17.5. The van der Waals surface area contributed by atoms with Gasteiger partial charge < -0.3 is 4.90 Å². The van der Waals surface area contributed by atoms with Crippen LogP contribution in [0.15, 0.2) is 261 Å². The van der Waals surface area contributed by atoms with E-state index in [-0.39, 0.29) is 0 Å². The summed E-state index contributed by atoms with van der Waals surface area (Å²) in [6.07, 6.45) is 0. The van der Waals surface area contributed by atoms with Crippen molar-refractivity contribution in [2.24, 2.45) is 0 Å². The Labute approximate surface area is 369 Å². The summed E-state index contributed by atoms with van der Waals surface area (Å²) in [5.41, 5.74) is 17.6. The Kier molecular flexibility index (Phi) is 9.97. The third-order valence-corrected chi connectivity index (χ3v) is 12.2. The second kappa shape index (κ2) is 16.7. The SMILES string of the molecule is c1ccc(-c2cccc(-c3ccc(N(c4cccc(-c5ccc(-c6ccccc6)cc5-c5ccccc5)c4)c4cccc(-c5cc6ccccc6c6ccccc56)c4)cc3)c2)cc1. The lowest BCUT2D eigenvalue weighted by atomic mass is 9.91. The Hall–Kier alpha value is -8.26. The summed E-state index contributed by atoms with van der Waals surface area (Å²) in [4.78, 5) is 2.40. The molecule has 0 saturated heterocycles. The number of hydrogen-bond acceptors (Lipinski definition) is 1. The number of benzene rings is 11. The second-order valence-corrected chi connectivity index (χ2v) is 16.1. The fraction of sp³-hybridized carbons (Fsp3) is 0. The van der Waals surface area contributed by atoms with Crippen LogP contribution in [0.25, 0.3) is 88.3 Å². The lowest BCUT2D eigenvalue weighted by molar-refractivity contribution is 1.28. The maximum absolute atomic E-state index is 2.40. The average Bonchev–Trinajstić information content (AvgIpc) is 3.37. The summed E-state index contributed by atoms with van der Waals surface area (Å²) in [5.74, 6) is 0. The third kappa shape index (κ3) is 7.47. The zero-order valence-corrected chi connectivity index (χ0v) is 34.8. The summed E-state index contributed by atoms with van der Waals surface area (Å²) < 4.78 is 0. The highest BCUT2D eigenvalue weighted by Crippen LogP contribution is 2.43. The van der Waals surface area contributed by atoms with Crippen LogP contribution >= 0.6 is 0 Å². The second-order valence-electron chi connectivity index (χ2n) is 16.1. The molecule has 1 heteroatoms. The van der Waals surface area contributed by atoms with Crippen LogP contribution in [-0.4, -0.2) is 0 Å². The lowest BCUT2D eigenvalue weighted by Gasteiger charge is -2.27. The number of nitrogens with zero attached hydrogens (tertiary/aromatic N) is 1. The molecule has 0 heterocycles. The Morgan fingerprint density at radius 2 is 0.635 bits per heavy atom. The van der Waals surface area contributed by atoms with Gasteiger partial charge in [-0.2, -0.15) is 0 Å². The fourth-order valence-electron chi connectivity index (χ4n) is 9.14. The number of fused-ring (bicyclic) bond motifs is 3. The topological polar surface area (TPSA) is 3.24 Å². The zero-order chi connectivity index (χ0) is 42.0. The molecular weight excluding hydrogens is 759 g/mol. The maximum Gasteiger partial charge on any atom is 0.0467 e. The molecule has 0 aromatic heterocycles. The van der Waals surface area contributed by atoms with Crippen molar-refractivity contribution in [2.75, 3.05) is 4.90 Å². The van der Waals surface area contributed by atoms with Gasteiger partial charge in [0.1, 0.15) is 0 Å². The van der Waals surface area contributed by atoms with E-state index in [4.69, 9.17) is 0 Å². The van der Waals surface area contributed by atoms with Gasteiger partial charge in [-0.05, 0) is 143 Å². The summed E-state index contributed by atoms with van der Waals surface area (Å²) in [7, 11) is 0. The van der Waals surface area contributed by atoms with E-state index < -0.39 is 0 Å². The molecule has 11 aromatic carbocycles. The molecule has 1 nitrogen and oxygen atoms in total. The first-order valence-corrected chi connectivity index (χ1v) is 21.7. The first-order valence-electron chi connectivity index (χ1n) is 21.7. The average molecular weight is 802 g/mol. The largest absolute Gasteiger partial charge is 0.310 e. The van der Waals surface area contributed by atoms with E-state index in [1.807, 2.05) is 0 Å². The van der Waals surface area contributed by atoms with Crippen molar-refractivity contribution in [1.29, 1.82) is 0 Å². The van der Waals surface area contributed by atoms with Crippen LogP contribution in [0.4, 0.5) is 17.1 Å². The van der Waals surface area contributed by atoms with Gasteiger partial charge in [0.2, 0.25) is 0 Å². The highest BCUT2D eigenvalue weighted by molar-refractivity contribution is 6.14. The molecule has 296 valence electrons. The fourth-order valence-corrected chi connectivity index (χ4v) is 9.14. The minimum Gasteiger partial charge on any atom is -0.310 e. The molecule has 11 aromatic rings. The van der Waals surface area contributed by atoms with Gasteiger partial charge in [-0.1, -0.05) is 206 Å². The van der Waals surface area contributed by atoms with E-state index in [9.17, 15) is 0 Å². The molecular formula is C62H43N. The lowest BCUT2D eigenvalue weighted by Crippen LogP contribution is -2.10. The van der Waals surface area contributed by atoms with Gasteiger partial charge in [0.05, 0.1) is 0 Å². The standard InChI is InChI=1S/C62H43N/c1-4-17-44(18-5-1)48-24-14-25-49(39-48)46-33-36-54(37-34-46)63(56-29-16-27-52(41-56)62-43-53-23-10-11-30-57(53)59-31-12-13-32-60(59)62)55-28-15-26-51(40-55)58-38-35-50(45-19-6-2-7-20-45)42-61(58)47-21-8-3-9-22-47/h1-43H. The number of rotatable bonds is 9. The highest BCUT2D eigenvalue weighted by Gasteiger charge is 2.18. The molecule has 0 saturated carbocycles. The number of hydrogen-bond donors (Lipinski definition) is 0. The first kappa shape index (κ1) is 37.7. The molecule has 0 aliphatic carbocycles. The van der Waals surface area contributed by atoms with E-state index in [2.05, 4.69) is 266 Å². The Morgan fingerprint density at radius 1 is 0.190 bits per heavy atom. The van der Waals surface area contributed by atoms with Crippen LogP contribution in [0.2, 0.25) is 0 Å². The Morgan fingerprint density at radius 3 is 1.27 bits per heavy atom. The Balaban J connectivity index is 1.06. The molecule has 0 N–H and O–H groups in total. The van der Waals surface area contributed by atoms with Gasteiger partial charge in [0, 0.05) is 17.1 Å². The van der Waals surface area contributed by atoms with E-state index >= 15 is 0 Å². The van der Waals surface area contributed by atoms with Crippen LogP contribution in [0.1, 0.15) is 0 Å². The Bertz CT molecular complexity index is 3370. The van der Waals surface area contributed by atoms with Crippen molar-refractivity contribution < 1.29 is 0 Å². The molecule has 0 atom stereocenters. The molecule has 0 amide bonds. The molecule has 0 fully saturated rings. The van der Waals surface area contributed by atoms with E-state index in [0.717, 1.165) is 22.6 Å². The van der Waals surface area contributed by atoms with Crippen molar-refractivity contribution in [1.82, 2.24) is 0 Å². The van der Waals surface area contributed by atoms with Gasteiger partial charge >= 0.3 is 0 Å². The van der Waals surface area contributed by atoms with Gasteiger partial charge in [-0.15, -0.1) is 0 Å². The third-order valence-electron chi connectivity index (χ3n) is 12.2. The van der Waals surface area contributed by atoms with Crippen molar-refractivity contribution in [3.05, 3.63) is 261 Å². The van der Waals surface area contributed by atoms with Gasteiger partial charge in [0.25, 0.3) is 0 Å². The number of anilines is 3. The van der Waals surface area contributed by atoms with Gasteiger partial charge in [-0.25, -0.2) is 0 Å². The monoisotopic (exact) mass is 801 g/mol. The zero-order valence-electron chi connectivity index (χ0n) is 34.8. The van der Waals surface area contributed by atoms with Crippen molar-refractivity contribution >= 4 is 38.6 Å². The van der Waals surface area contributed by atoms with Gasteiger partial charge in [0.15, 0.2) is 0 Å². The minimum absolute atomic E-state index is 1.08.